The second kappa shape index (κ2) is 12.1. The molecule has 5 rings (SSSR count). The highest BCUT2D eigenvalue weighted by atomic mass is 32.2. The third-order valence-electron chi connectivity index (χ3n) is 6.30. The number of ether oxygens (including phenoxy) is 3. The van der Waals surface area contributed by atoms with Gasteiger partial charge in [0.15, 0.2) is 16.7 Å². The van der Waals surface area contributed by atoms with Gasteiger partial charge in [-0.2, -0.15) is 0 Å². The minimum absolute atomic E-state index is 0.150. The highest BCUT2D eigenvalue weighted by Gasteiger charge is 2.30. The Labute approximate surface area is 237 Å². The van der Waals surface area contributed by atoms with E-state index in [9.17, 15) is 9.59 Å². The molecule has 0 spiro atoms. The largest absolute Gasteiger partial charge is 0.493 e. The van der Waals surface area contributed by atoms with Crippen LogP contribution < -0.4 is 9.47 Å². The van der Waals surface area contributed by atoms with Crippen molar-refractivity contribution in [1.82, 2.24) is 4.90 Å². The van der Waals surface area contributed by atoms with E-state index in [-0.39, 0.29) is 11.9 Å². The van der Waals surface area contributed by atoms with E-state index in [1.165, 1.54) is 22.0 Å². The zero-order valence-electron chi connectivity index (χ0n) is 22.4. The Bertz CT molecular complexity index is 1630. The fraction of sp³-hybridized carbons (Fsp3) is 0.156. The number of fused-ring (bicyclic) bond motifs is 1. The molecule has 40 heavy (non-hydrogen) atoms. The van der Waals surface area contributed by atoms with Crippen LogP contribution in [0.1, 0.15) is 28.4 Å². The van der Waals surface area contributed by atoms with Gasteiger partial charge in [0.25, 0.3) is 5.91 Å². The molecule has 8 heteroatoms. The lowest BCUT2D eigenvalue weighted by atomic mass is 10.1. The first-order valence-corrected chi connectivity index (χ1v) is 13.6. The molecular formula is C32H28N2O5S. The summed E-state index contributed by atoms with van der Waals surface area (Å²) in [6.07, 6.45) is 1.81. The van der Waals surface area contributed by atoms with E-state index in [4.69, 9.17) is 14.2 Å². The molecule has 7 nitrogen and oxygen atoms in total. The van der Waals surface area contributed by atoms with Gasteiger partial charge in [-0.3, -0.25) is 9.69 Å². The number of aliphatic imine (C=N–C) groups is 1. The van der Waals surface area contributed by atoms with E-state index >= 15 is 0 Å². The fourth-order valence-corrected chi connectivity index (χ4v) is 5.17. The van der Waals surface area contributed by atoms with Crippen molar-refractivity contribution in [2.45, 2.75) is 13.5 Å². The standard InChI is InChI=1S/C32H28N2O5S/c1-4-38-31(36)24-12-14-26(15-13-24)33-32-34(2)30(35)29(40-32)19-21-10-16-27(28(18-21)37-3)39-20-22-9-11-23-7-5-6-8-25(23)17-22/h5-19H,4,20H2,1-3H3. The molecule has 1 saturated heterocycles. The Hall–Kier alpha value is -4.56. The summed E-state index contributed by atoms with van der Waals surface area (Å²) in [5, 5.41) is 2.89. The normalized spacial score (nSPS) is 15.2. The number of rotatable bonds is 8. The Morgan fingerprint density at radius 2 is 1.73 bits per heavy atom. The molecule has 0 unspecified atom stereocenters. The summed E-state index contributed by atoms with van der Waals surface area (Å²) in [6, 6.07) is 26.8. The number of thioether (sulfide) groups is 1. The molecular weight excluding hydrogens is 524 g/mol. The van der Waals surface area contributed by atoms with Crippen molar-refractivity contribution >= 4 is 51.3 Å². The van der Waals surface area contributed by atoms with Crippen LogP contribution in [0.5, 0.6) is 11.5 Å². The van der Waals surface area contributed by atoms with Crippen LogP contribution in [0.25, 0.3) is 16.8 Å². The van der Waals surface area contributed by atoms with Gasteiger partial charge in [-0.15, -0.1) is 0 Å². The van der Waals surface area contributed by atoms with Crippen LogP contribution in [0, 0.1) is 0 Å². The number of hydrogen-bond acceptors (Lipinski definition) is 7. The molecule has 0 radical (unpaired) electrons. The van der Waals surface area contributed by atoms with Crippen molar-refractivity contribution in [2.24, 2.45) is 4.99 Å². The van der Waals surface area contributed by atoms with E-state index in [2.05, 4.69) is 35.3 Å². The van der Waals surface area contributed by atoms with Gasteiger partial charge in [-0.25, -0.2) is 9.79 Å². The molecule has 0 atom stereocenters. The van der Waals surface area contributed by atoms with Gasteiger partial charge < -0.3 is 14.2 Å². The van der Waals surface area contributed by atoms with Crippen molar-refractivity contribution in [2.75, 3.05) is 20.8 Å². The minimum atomic E-state index is -0.380. The summed E-state index contributed by atoms with van der Waals surface area (Å²) >= 11 is 1.29. The monoisotopic (exact) mass is 552 g/mol. The van der Waals surface area contributed by atoms with E-state index in [1.54, 1.807) is 45.3 Å². The maximum absolute atomic E-state index is 12.9. The number of carbonyl (C=O) groups is 2. The Kier molecular flexibility index (Phi) is 8.17. The summed E-state index contributed by atoms with van der Waals surface area (Å²) in [5.74, 6) is 0.667. The van der Waals surface area contributed by atoms with Gasteiger partial charge in [-0.1, -0.05) is 42.5 Å². The van der Waals surface area contributed by atoms with E-state index in [1.807, 2.05) is 36.4 Å². The van der Waals surface area contributed by atoms with E-state index in [0.717, 1.165) is 16.5 Å². The molecule has 4 aromatic rings. The first-order chi connectivity index (χ1) is 19.4. The minimum Gasteiger partial charge on any atom is -0.493 e. The summed E-state index contributed by atoms with van der Waals surface area (Å²) < 4.78 is 16.7. The Balaban J connectivity index is 1.29. The number of carbonyl (C=O) groups excluding carboxylic acids is 2. The number of esters is 1. The first kappa shape index (κ1) is 27.0. The van der Waals surface area contributed by atoms with Crippen LogP contribution in [-0.2, 0) is 16.1 Å². The van der Waals surface area contributed by atoms with Gasteiger partial charge in [0.05, 0.1) is 29.9 Å². The van der Waals surface area contributed by atoms with Crippen molar-refractivity contribution < 1.29 is 23.8 Å². The lowest BCUT2D eigenvalue weighted by molar-refractivity contribution is -0.121. The topological polar surface area (TPSA) is 77.4 Å². The average Bonchev–Trinajstić information content (AvgIpc) is 3.24. The van der Waals surface area contributed by atoms with Crippen LogP contribution in [0.3, 0.4) is 0 Å². The number of hydrogen-bond donors (Lipinski definition) is 0. The van der Waals surface area contributed by atoms with E-state index < -0.39 is 0 Å². The van der Waals surface area contributed by atoms with Crippen LogP contribution >= 0.6 is 11.8 Å². The molecule has 1 amide bonds. The summed E-state index contributed by atoms with van der Waals surface area (Å²) in [6.45, 7) is 2.48. The average molecular weight is 553 g/mol. The lowest BCUT2D eigenvalue weighted by Gasteiger charge is -2.12. The number of nitrogens with zero attached hydrogens (tertiary/aromatic N) is 2. The Morgan fingerprint density at radius 3 is 2.48 bits per heavy atom. The molecule has 0 aliphatic carbocycles. The zero-order valence-corrected chi connectivity index (χ0v) is 23.2. The molecule has 4 aromatic carbocycles. The highest BCUT2D eigenvalue weighted by Crippen LogP contribution is 2.35. The third-order valence-corrected chi connectivity index (χ3v) is 7.36. The maximum atomic E-state index is 12.9. The van der Waals surface area contributed by atoms with Crippen molar-refractivity contribution in [3.05, 3.63) is 107 Å². The molecule has 0 aromatic heterocycles. The molecule has 1 heterocycles. The molecule has 0 N–H and O–H groups in total. The van der Waals surface area contributed by atoms with E-state index in [0.29, 0.717) is 46.0 Å². The quantitative estimate of drug-likeness (QED) is 0.176. The lowest BCUT2D eigenvalue weighted by Crippen LogP contribution is -2.23. The third kappa shape index (κ3) is 6.02. The number of amides is 1. The molecule has 1 fully saturated rings. The molecule has 1 aliphatic rings. The van der Waals surface area contributed by atoms with Crippen LogP contribution in [0.4, 0.5) is 5.69 Å². The molecule has 202 valence electrons. The van der Waals surface area contributed by atoms with Gasteiger partial charge in [-0.05, 0) is 89.1 Å². The second-order valence-electron chi connectivity index (χ2n) is 9.02. The van der Waals surface area contributed by atoms with Gasteiger partial charge in [0.1, 0.15) is 6.61 Å². The van der Waals surface area contributed by atoms with Crippen molar-refractivity contribution in [1.29, 1.82) is 0 Å². The zero-order chi connectivity index (χ0) is 28.1. The van der Waals surface area contributed by atoms with Gasteiger partial charge in [0.2, 0.25) is 0 Å². The molecule has 0 saturated carbocycles. The predicted molar refractivity (Wildman–Crippen MR) is 159 cm³/mol. The van der Waals surface area contributed by atoms with Crippen LogP contribution in [-0.4, -0.2) is 42.7 Å². The van der Waals surface area contributed by atoms with Crippen LogP contribution in [0.15, 0.2) is 94.8 Å². The smallest absolute Gasteiger partial charge is 0.338 e. The predicted octanol–water partition coefficient (Wildman–Crippen LogP) is 6.84. The molecule has 1 aliphatic heterocycles. The SMILES string of the molecule is CCOC(=O)c1ccc(N=C2SC(=Cc3ccc(OCc4ccc5ccccc5c4)c(OC)c3)C(=O)N2C)cc1. The number of benzene rings is 4. The van der Waals surface area contributed by atoms with Gasteiger partial charge >= 0.3 is 5.97 Å². The summed E-state index contributed by atoms with van der Waals surface area (Å²) in [7, 11) is 3.28. The second-order valence-corrected chi connectivity index (χ2v) is 10.0. The maximum Gasteiger partial charge on any atom is 0.338 e. The van der Waals surface area contributed by atoms with Gasteiger partial charge in [0, 0.05) is 7.05 Å². The number of methoxy groups -OCH3 is 1. The van der Waals surface area contributed by atoms with Crippen molar-refractivity contribution in [3.8, 4) is 11.5 Å². The number of amidine groups is 1. The van der Waals surface area contributed by atoms with Crippen molar-refractivity contribution in [3.63, 3.8) is 0 Å². The molecule has 0 bridgehead atoms. The summed E-state index contributed by atoms with van der Waals surface area (Å²) in [4.78, 5) is 31.5. The fourth-order valence-electron chi connectivity index (χ4n) is 4.18. The van der Waals surface area contributed by atoms with Crippen LogP contribution in [0.2, 0.25) is 0 Å². The number of likely N-dealkylation sites (N-methyl/N-ethyl adjacent to an activating group) is 1. The summed E-state index contributed by atoms with van der Waals surface area (Å²) in [5.41, 5.74) is 2.95. The Morgan fingerprint density at radius 1 is 0.950 bits per heavy atom. The first-order valence-electron chi connectivity index (χ1n) is 12.8. The highest BCUT2D eigenvalue weighted by molar-refractivity contribution is 8.18.